The number of esters is 1. The van der Waals surface area contributed by atoms with Crippen LogP contribution in [0.25, 0.3) is 22.3 Å². The van der Waals surface area contributed by atoms with E-state index in [0.29, 0.717) is 52.4 Å². The maximum atomic E-state index is 13.9. The molecule has 24 heteroatoms. The molecule has 414 valence electrons. The van der Waals surface area contributed by atoms with E-state index in [2.05, 4.69) is 21.3 Å². The highest BCUT2D eigenvalue weighted by atomic mass is 16.6. The summed E-state index contributed by atoms with van der Waals surface area (Å²) in [5, 5.41) is 31.4. The number of aromatic nitrogens is 2. The highest BCUT2D eigenvalue weighted by molar-refractivity contribution is 5.99. The molecule has 0 radical (unpaired) electrons. The lowest BCUT2D eigenvalue weighted by Gasteiger charge is -2.31. The van der Waals surface area contributed by atoms with Gasteiger partial charge < -0.3 is 70.7 Å². The standard InChI is InChI=1S/C53H68N10O14/c1-9-32-33-26-63-39(24-36-35(48(63)69)28-75-49(70)53(36,74)10-2)45(33)57-37-17-18-40(34(43(32)37)25-60(5)6)77-52(73)62(8)23-22-61(7)51(72)76-27-30-13-15-31(16-14-30)56-46(67)38(12-11-21-55-50(54)71)58-47(68)44(29(3)4)59-41(64)19-20-42(65)66/h13-18,24,29,38,44,74H,9-12,19-23,25-28H2,1-8H3,(H,56,67)(H,58,68)(H,59,64)(H,65,66)(H3,54,55,71)/t38-,44-,53-/m0/s1. The summed E-state index contributed by atoms with van der Waals surface area (Å²) in [4.78, 5) is 124. The van der Waals surface area contributed by atoms with Crippen LogP contribution in [0.15, 0.2) is 47.3 Å². The number of primary amides is 1. The number of pyridine rings is 2. The smallest absolute Gasteiger partial charge is 0.415 e. The van der Waals surface area contributed by atoms with Crippen molar-refractivity contribution in [3.05, 3.63) is 86.2 Å². The molecule has 0 saturated heterocycles. The first-order chi connectivity index (χ1) is 36.5. The van der Waals surface area contributed by atoms with Crippen LogP contribution in [0, 0.1) is 5.92 Å². The number of urea groups is 1. The average molecular weight is 1070 g/mol. The van der Waals surface area contributed by atoms with Crippen LogP contribution in [0.4, 0.5) is 20.1 Å². The molecule has 3 atom stereocenters. The number of hydrogen-bond donors (Lipinski definition) is 7. The molecular weight excluding hydrogens is 1000 g/mol. The van der Waals surface area contributed by atoms with Gasteiger partial charge in [0.1, 0.15) is 31.0 Å². The van der Waals surface area contributed by atoms with Crippen molar-refractivity contribution in [2.24, 2.45) is 11.7 Å². The minimum absolute atomic E-state index is 0.0186. The summed E-state index contributed by atoms with van der Waals surface area (Å²) in [6, 6.07) is 8.56. The highest BCUT2D eigenvalue weighted by Gasteiger charge is 2.45. The summed E-state index contributed by atoms with van der Waals surface area (Å²) in [7, 11) is 6.83. The highest BCUT2D eigenvalue weighted by Crippen LogP contribution is 2.42. The number of cyclic esters (lactones) is 1. The van der Waals surface area contributed by atoms with Gasteiger partial charge in [-0.25, -0.2) is 24.2 Å². The number of amides is 7. The van der Waals surface area contributed by atoms with Crippen LogP contribution < -0.4 is 37.3 Å². The SMILES string of the molecule is CCc1c2c(nc3ccc(OC(=O)N(C)CCN(C)C(=O)OCc4ccc(NC(=O)[C@H](CCCNC(N)=O)NC(=O)[C@@H](NC(=O)CCC(=O)O)C(C)C)cc4)c(CN(C)C)c13)-c1cc3c(c(=O)n1C2)COC(=O)[C@]3(O)CC. The molecule has 0 saturated carbocycles. The van der Waals surface area contributed by atoms with Crippen molar-refractivity contribution in [1.29, 1.82) is 0 Å². The lowest BCUT2D eigenvalue weighted by Crippen LogP contribution is -2.54. The van der Waals surface area contributed by atoms with Crippen LogP contribution in [0.1, 0.15) is 93.2 Å². The summed E-state index contributed by atoms with van der Waals surface area (Å²) in [5.41, 5.74) is 8.29. The molecule has 2 aliphatic rings. The number of carbonyl (C=O) groups is 8. The summed E-state index contributed by atoms with van der Waals surface area (Å²) in [6.07, 6.45) is -1.21. The largest absolute Gasteiger partial charge is 0.481 e. The molecule has 4 heterocycles. The van der Waals surface area contributed by atoms with Crippen molar-refractivity contribution < 1.29 is 62.8 Å². The molecule has 24 nitrogen and oxygen atoms in total. The van der Waals surface area contributed by atoms with Crippen molar-refractivity contribution in [3.63, 3.8) is 0 Å². The summed E-state index contributed by atoms with van der Waals surface area (Å²) in [6.45, 7) is 7.48. The van der Waals surface area contributed by atoms with Crippen LogP contribution in [0.2, 0.25) is 0 Å². The molecule has 77 heavy (non-hydrogen) atoms. The van der Waals surface area contributed by atoms with Gasteiger partial charge in [0.05, 0.1) is 35.4 Å². The number of aliphatic hydroxyl groups is 1. The zero-order valence-corrected chi connectivity index (χ0v) is 44.6. The van der Waals surface area contributed by atoms with Gasteiger partial charge in [-0.2, -0.15) is 0 Å². The summed E-state index contributed by atoms with van der Waals surface area (Å²) < 4.78 is 18.4. The zero-order chi connectivity index (χ0) is 56.5. The van der Waals surface area contributed by atoms with Crippen molar-refractivity contribution in [2.45, 2.75) is 110 Å². The van der Waals surface area contributed by atoms with Crippen LogP contribution in [0.5, 0.6) is 5.75 Å². The van der Waals surface area contributed by atoms with Gasteiger partial charge in [0.25, 0.3) is 5.56 Å². The number of hydrogen-bond acceptors (Lipinski definition) is 15. The third-order valence-corrected chi connectivity index (χ3v) is 13.5. The molecule has 4 aromatic rings. The van der Waals surface area contributed by atoms with Gasteiger partial charge in [-0.3, -0.25) is 24.0 Å². The van der Waals surface area contributed by atoms with Crippen molar-refractivity contribution in [1.82, 2.24) is 40.2 Å². The zero-order valence-electron chi connectivity index (χ0n) is 44.6. The van der Waals surface area contributed by atoms with E-state index in [9.17, 15) is 48.3 Å². The van der Waals surface area contributed by atoms with E-state index in [4.69, 9.17) is 30.0 Å². The van der Waals surface area contributed by atoms with Crippen LogP contribution in [-0.4, -0.2) is 142 Å². The van der Waals surface area contributed by atoms with E-state index in [1.165, 1.54) is 16.8 Å². The first-order valence-corrected chi connectivity index (χ1v) is 25.3. The van der Waals surface area contributed by atoms with Crippen molar-refractivity contribution >= 4 is 64.5 Å². The van der Waals surface area contributed by atoms with Gasteiger partial charge in [0.15, 0.2) is 5.60 Å². The van der Waals surface area contributed by atoms with Gasteiger partial charge in [-0.15, -0.1) is 0 Å². The molecule has 0 spiro atoms. The molecule has 0 unspecified atom stereocenters. The Hall–Kier alpha value is -8.12. The minimum atomic E-state index is -1.96. The number of anilines is 1. The second-order valence-electron chi connectivity index (χ2n) is 19.7. The number of aliphatic carboxylic acids is 1. The number of fused-ring (bicyclic) bond motifs is 5. The van der Waals surface area contributed by atoms with Gasteiger partial charge in [-0.05, 0) is 87.2 Å². The number of benzene rings is 2. The number of nitrogens with two attached hydrogens (primary N) is 1. The van der Waals surface area contributed by atoms with E-state index >= 15 is 0 Å². The van der Waals surface area contributed by atoms with Crippen LogP contribution in [-0.2, 0) is 71.8 Å². The quantitative estimate of drug-likeness (QED) is 0.0365. The number of rotatable bonds is 23. The Kier molecular flexibility index (Phi) is 19.0. The molecule has 0 fully saturated rings. The Balaban J connectivity index is 1.06. The first kappa shape index (κ1) is 58.1. The normalized spacial score (nSPS) is 15.1. The molecule has 2 aliphatic heterocycles. The third-order valence-electron chi connectivity index (χ3n) is 13.5. The number of likely N-dealkylation sites (N-methyl/N-ethyl adjacent to an activating group) is 2. The van der Waals surface area contributed by atoms with Gasteiger partial charge in [-0.1, -0.05) is 39.8 Å². The Morgan fingerprint density at radius 3 is 2.21 bits per heavy atom. The Bertz CT molecular complexity index is 3000. The van der Waals surface area contributed by atoms with E-state index in [1.807, 2.05) is 25.9 Å². The second-order valence-corrected chi connectivity index (χ2v) is 19.7. The van der Waals surface area contributed by atoms with Gasteiger partial charge >= 0.3 is 30.2 Å². The van der Waals surface area contributed by atoms with E-state index in [1.54, 1.807) is 74.9 Å². The fraction of sp³-hybridized carbons (Fsp3) is 0.472. The Morgan fingerprint density at radius 1 is 0.896 bits per heavy atom. The molecule has 8 N–H and O–H groups in total. The van der Waals surface area contributed by atoms with Crippen molar-refractivity contribution in [3.8, 4) is 17.1 Å². The topological polar surface area (TPSA) is 323 Å². The number of aryl methyl sites for hydroxylation is 1. The summed E-state index contributed by atoms with van der Waals surface area (Å²) in [5.74, 6) is -3.98. The number of carboxylic acids is 1. The number of carboxylic acid groups (broad SMARTS) is 1. The minimum Gasteiger partial charge on any atom is -0.481 e. The molecular formula is C53H68N10O14. The van der Waals surface area contributed by atoms with Crippen molar-refractivity contribution in [2.75, 3.05) is 53.1 Å². The molecule has 2 aromatic heterocycles. The Labute approximate surface area is 444 Å². The van der Waals surface area contributed by atoms with Crippen LogP contribution >= 0.6 is 0 Å². The maximum absolute atomic E-state index is 13.9. The van der Waals surface area contributed by atoms with E-state index in [-0.39, 0.29) is 81.8 Å². The molecule has 0 aliphatic carbocycles. The molecule has 7 amide bonds. The lowest BCUT2D eigenvalue weighted by molar-refractivity contribution is -0.172. The molecule has 2 aromatic carbocycles. The monoisotopic (exact) mass is 1070 g/mol. The molecule has 6 rings (SSSR count). The maximum Gasteiger partial charge on any atom is 0.415 e. The van der Waals surface area contributed by atoms with E-state index < -0.39 is 77.9 Å². The first-order valence-electron chi connectivity index (χ1n) is 25.3. The predicted molar refractivity (Wildman–Crippen MR) is 280 cm³/mol. The number of nitrogens with one attached hydrogen (secondary N) is 4. The predicted octanol–water partition coefficient (Wildman–Crippen LogP) is 3.28. The van der Waals surface area contributed by atoms with E-state index in [0.717, 1.165) is 16.5 Å². The number of ether oxygens (including phenoxy) is 3. The average Bonchev–Trinajstić information content (AvgIpc) is 3.77. The van der Waals surface area contributed by atoms with Crippen LogP contribution in [0.3, 0.4) is 0 Å². The summed E-state index contributed by atoms with van der Waals surface area (Å²) >= 11 is 0. The van der Waals surface area contributed by atoms with Gasteiger partial charge in [0, 0.05) is 74.5 Å². The third kappa shape index (κ3) is 13.7. The second kappa shape index (κ2) is 25.1. The Morgan fingerprint density at radius 2 is 1.58 bits per heavy atom. The lowest BCUT2D eigenvalue weighted by atomic mass is 9.86. The molecule has 0 bridgehead atoms. The fourth-order valence-electron chi connectivity index (χ4n) is 9.15. The fourth-order valence-corrected chi connectivity index (χ4v) is 9.15. The number of carbonyl (C=O) groups excluding carboxylic acids is 7. The number of nitrogens with zero attached hydrogens (tertiary/aromatic N) is 5. The van der Waals surface area contributed by atoms with Gasteiger partial charge in [0.2, 0.25) is 17.7 Å².